The Morgan fingerprint density at radius 3 is 2.66 bits per heavy atom. The summed E-state index contributed by atoms with van der Waals surface area (Å²) in [4.78, 5) is 60.8. The normalized spacial score (nSPS) is 28.3. The number of carbonyl (C=O) groups is 4. The van der Waals surface area contributed by atoms with Crippen LogP contribution in [0.2, 0.25) is 0 Å². The minimum Gasteiger partial charge on any atom is -0.477 e. The fourth-order valence-electron chi connectivity index (χ4n) is 5.55. The first-order valence-corrected chi connectivity index (χ1v) is 13.8. The highest BCUT2D eigenvalue weighted by Gasteiger charge is 2.55. The molecular formula is C23H27N6O7S2+. The zero-order valence-corrected chi connectivity index (χ0v) is 22.3. The first-order chi connectivity index (χ1) is 18.2. The summed E-state index contributed by atoms with van der Waals surface area (Å²) in [5.41, 5.74) is 6.93. The number of anilines is 1. The van der Waals surface area contributed by atoms with Gasteiger partial charge in [0.15, 0.2) is 10.8 Å². The average molecular weight is 564 g/mol. The van der Waals surface area contributed by atoms with E-state index in [1.54, 1.807) is 5.38 Å². The highest BCUT2D eigenvalue weighted by Crippen LogP contribution is 2.43. The lowest BCUT2D eigenvalue weighted by Gasteiger charge is -2.51. The highest BCUT2D eigenvalue weighted by molar-refractivity contribution is 8.00. The molecule has 38 heavy (non-hydrogen) atoms. The number of aliphatic carboxylic acids is 1. The number of nitrogen functional groups attached to an aromatic ring is 1. The monoisotopic (exact) mass is 563 g/mol. The van der Waals surface area contributed by atoms with Gasteiger partial charge in [-0.25, -0.2) is 14.6 Å². The van der Waals surface area contributed by atoms with Gasteiger partial charge in [0.2, 0.25) is 0 Å². The third kappa shape index (κ3) is 4.43. The van der Waals surface area contributed by atoms with Crippen molar-refractivity contribution in [2.75, 3.05) is 45.3 Å². The van der Waals surface area contributed by atoms with E-state index in [1.807, 2.05) is 6.20 Å². The van der Waals surface area contributed by atoms with Crippen LogP contribution >= 0.6 is 23.1 Å². The Bertz CT molecular complexity index is 1300. The quantitative estimate of drug-likeness (QED) is 0.130. The molecule has 2 fully saturated rings. The number of aromatic nitrogens is 1. The smallest absolute Gasteiger partial charge is 0.352 e. The number of thiazole rings is 1. The van der Waals surface area contributed by atoms with Crippen LogP contribution in [0.15, 0.2) is 33.6 Å². The fourth-order valence-corrected chi connectivity index (χ4v) is 7.43. The number of nitrogens with two attached hydrogens (primary N) is 1. The predicted molar refractivity (Wildman–Crippen MR) is 137 cm³/mol. The molecule has 0 aliphatic carbocycles. The maximum Gasteiger partial charge on any atom is 0.352 e. The van der Waals surface area contributed by atoms with Crippen molar-refractivity contribution in [3.63, 3.8) is 0 Å². The standard InChI is InChI=1S/C23H26N6O7S2/c1-35-22(34)13-8-29(5-3-11(13)4-6-29)7-12-9-37-20-16(19(31)28(20)17(12)21(32)33)26-18(30)15(27-36-2)14-10-38-23(24)25-14/h8,10-11,16,20H,3-7,9H2,1-2H3,(H3-,24,25,26,30,32,33)/p+1/b27-15-/t11?,16-,20-,29?/m1/s1. The number of carboxylic acid groups (broad SMARTS) is 1. The maximum atomic E-state index is 13.2. The SMILES string of the molecule is CO/N=C(\C(=O)N[C@@H]1C(=O)N2C(C(=O)O)=C(C[N+]34C=C(C(=O)OC)C(CC3)CC4)CS[C@H]12)c1csc(N)n1. The lowest BCUT2D eigenvalue weighted by atomic mass is 9.83. The predicted octanol–water partition coefficient (Wildman–Crippen LogP) is 0.112. The number of esters is 1. The van der Waals surface area contributed by atoms with Crippen molar-refractivity contribution in [3.8, 4) is 0 Å². The molecule has 5 aliphatic rings. The summed E-state index contributed by atoms with van der Waals surface area (Å²) in [5, 5.41) is 17.7. The third-order valence-corrected chi connectivity index (χ3v) is 9.34. The molecule has 13 nitrogen and oxygen atoms in total. The Labute approximate surface area is 225 Å². The second-order valence-electron chi connectivity index (χ2n) is 9.49. The number of β-lactam (4-membered cyclic amide) rings is 1. The molecule has 0 radical (unpaired) electrons. The number of piperidine rings is 1. The molecule has 0 aromatic carbocycles. The Kier molecular flexibility index (Phi) is 6.92. The van der Waals surface area contributed by atoms with Gasteiger partial charge in [0, 0.05) is 35.5 Å². The van der Waals surface area contributed by atoms with Gasteiger partial charge in [-0.2, -0.15) is 0 Å². The molecule has 2 bridgehead atoms. The molecule has 2 saturated heterocycles. The van der Waals surface area contributed by atoms with Gasteiger partial charge in [-0.3, -0.25) is 19.0 Å². The number of methoxy groups -OCH3 is 1. The van der Waals surface area contributed by atoms with E-state index in [4.69, 9.17) is 15.3 Å². The Morgan fingerprint density at radius 2 is 2.05 bits per heavy atom. The number of nitrogens with one attached hydrogen (secondary N) is 1. The maximum absolute atomic E-state index is 13.2. The van der Waals surface area contributed by atoms with Crippen molar-refractivity contribution in [2.24, 2.45) is 11.1 Å². The third-order valence-electron chi connectivity index (χ3n) is 7.32. The van der Waals surface area contributed by atoms with Gasteiger partial charge in [0.25, 0.3) is 11.8 Å². The number of ether oxygens (including phenoxy) is 1. The number of nitrogens with zero attached hydrogens (tertiary/aromatic N) is 4. The Morgan fingerprint density at radius 1 is 1.32 bits per heavy atom. The van der Waals surface area contributed by atoms with Crippen LogP contribution < -0.4 is 11.1 Å². The lowest BCUT2D eigenvalue weighted by molar-refractivity contribution is -0.885. The molecule has 4 N–H and O–H groups in total. The number of amides is 2. The molecular weight excluding hydrogens is 536 g/mol. The molecule has 0 saturated carbocycles. The van der Waals surface area contributed by atoms with Crippen LogP contribution in [0.5, 0.6) is 0 Å². The number of fused-ring (bicyclic) bond motifs is 3. The van der Waals surface area contributed by atoms with Crippen molar-refractivity contribution >= 4 is 57.7 Å². The molecule has 2 atom stereocenters. The van der Waals surface area contributed by atoms with Crippen molar-refractivity contribution in [2.45, 2.75) is 24.3 Å². The zero-order valence-electron chi connectivity index (χ0n) is 20.7. The number of thioether (sulfide) groups is 1. The van der Waals surface area contributed by atoms with E-state index in [2.05, 4.69) is 15.5 Å². The summed E-state index contributed by atoms with van der Waals surface area (Å²) in [6, 6.07) is -0.940. The van der Waals surface area contributed by atoms with E-state index >= 15 is 0 Å². The van der Waals surface area contributed by atoms with E-state index in [0.29, 0.717) is 27.9 Å². The first kappa shape index (κ1) is 26.2. The van der Waals surface area contributed by atoms with Crippen LogP contribution in [0.3, 0.4) is 0 Å². The fraction of sp³-hybridized carbons (Fsp3) is 0.478. The minimum absolute atomic E-state index is 0.0597. The number of hydrogen-bond donors (Lipinski definition) is 3. The molecule has 5 aliphatic heterocycles. The second-order valence-corrected chi connectivity index (χ2v) is 11.5. The van der Waals surface area contributed by atoms with E-state index in [9.17, 15) is 24.3 Å². The summed E-state index contributed by atoms with van der Waals surface area (Å²) in [5.74, 6) is -2.23. The number of hydrogen-bond acceptors (Lipinski definition) is 11. The second kappa shape index (κ2) is 10.0. The molecule has 6 rings (SSSR count). The van der Waals surface area contributed by atoms with Crippen LogP contribution in [0, 0.1) is 5.92 Å². The van der Waals surface area contributed by atoms with Crippen LogP contribution in [-0.2, 0) is 28.8 Å². The molecule has 202 valence electrons. The first-order valence-electron chi connectivity index (χ1n) is 11.9. The van der Waals surface area contributed by atoms with Crippen LogP contribution in [0.4, 0.5) is 5.13 Å². The summed E-state index contributed by atoms with van der Waals surface area (Å²) < 4.78 is 5.41. The number of rotatable bonds is 8. The van der Waals surface area contributed by atoms with Gasteiger partial charge in [0.05, 0.1) is 25.8 Å². The molecule has 6 heterocycles. The van der Waals surface area contributed by atoms with Crippen LogP contribution in [-0.4, -0.2) is 100.0 Å². The molecule has 0 spiro atoms. The van der Waals surface area contributed by atoms with Gasteiger partial charge in [0.1, 0.15) is 42.7 Å². The largest absolute Gasteiger partial charge is 0.477 e. The van der Waals surface area contributed by atoms with E-state index in [1.165, 1.54) is 30.9 Å². The molecule has 1 aromatic rings. The van der Waals surface area contributed by atoms with E-state index in [-0.39, 0.29) is 34.1 Å². The van der Waals surface area contributed by atoms with Gasteiger partial charge in [-0.15, -0.1) is 23.1 Å². The molecule has 0 unspecified atom stereocenters. The van der Waals surface area contributed by atoms with Crippen molar-refractivity contribution in [3.05, 3.63) is 34.1 Å². The molecule has 1 aromatic heterocycles. The minimum atomic E-state index is -1.20. The van der Waals surface area contributed by atoms with Crippen LogP contribution in [0.25, 0.3) is 0 Å². The summed E-state index contributed by atoms with van der Waals surface area (Å²) >= 11 is 2.51. The summed E-state index contributed by atoms with van der Waals surface area (Å²) in [6.07, 6.45) is 3.55. The Balaban J connectivity index is 1.36. The molecule has 2 amide bonds. The number of carbonyl (C=O) groups excluding carboxylic acids is 3. The van der Waals surface area contributed by atoms with Crippen molar-refractivity contribution in [1.29, 1.82) is 0 Å². The average Bonchev–Trinajstić information content (AvgIpc) is 3.35. The number of oxime groups is 1. The zero-order chi connectivity index (χ0) is 27.2. The van der Waals surface area contributed by atoms with Gasteiger partial charge >= 0.3 is 11.9 Å². The van der Waals surface area contributed by atoms with Crippen molar-refractivity contribution < 1.29 is 38.3 Å². The van der Waals surface area contributed by atoms with Crippen molar-refractivity contribution in [1.82, 2.24) is 15.2 Å². The topological polar surface area (TPSA) is 174 Å². The lowest BCUT2D eigenvalue weighted by Crippen LogP contribution is -2.71. The molecule has 15 heteroatoms. The van der Waals surface area contributed by atoms with Gasteiger partial charge in [-0.1, -0.05) is 5.16 Å². The van der Waals surface area contributed by atoms with Crippen LogP contribution in [0.1, 0.15) is 18.5 Å². The number of carboxylic acids is 1. The number of quaternary nitrogens is 1. The van der Waals surface area contributed by atoms with E-state index in [0.717, 1.165) is 37.3 Å². The Hall–Kier alpha value is -3.43. The highest BCUT2D eigenvalue weighted by atomic mass is 32.2. The van der Waals surface area contributed by atoms with Gasteiger partial charge < -0.3 is 25.7 Å². The van der Waals surface area contributed by atoms with Gasteiger partial charge in [-0.05, 0) is 0 Å². The van der Waals surface area contributed by atoms with E-state index < -0.39 is 29.2 Å². The summed E-state index contributed by atoms with van der Waals surface area (Å²) in [7, 11) is 2.64. The summed E-state index contributed by atoms with van der Waals surface area (Å²) in [6.45, 7) is 1.95.